The summed E-state index contributed by atoms with van der Waals surface area (Å²) < 4.78 is 16.1. The Morgan fingerprint density at radius 1 is 1.15 bits per heavy atom. The summed E-state index contributed by atoms with van der Waals surface area (Å²) >= 11 is 0. The van der Waals surface area contributed by atoms with Crippen molar-refractivity contribution in [3.05, 3.63) is 28.6 Å². The van der Waals surface area contributed by atoms with Crippen molar-refractivity contribution in [1.82, 2.24) is 4.98 Å². The van der Waals surface area contributed by atoms with Crippen molar-refractivity contribution in [3.8, 4) is 17.2 Å². The first-order chi connectivity index (χ1) is 9.71. The summed E-state index contributed by atoms with van der Waals surface area (Å²) in [6.45, 7) is 2.56. The summed E-state index contributed by atoms with van der Waals surface area (Å²) in [4.78, 5) is 14.9. The predicted molar refractivity (Wildman–Crippen MR) is 78.1 cm³/mol. The van der Waals surface area contributed by atoms with Crippen molar-refractivity contribution < 1.29 is 14.2 Å². The van der Waals surface area contributed by atoms with Crippen molar-refractivity contribution in [2.24, 2.45) is 0 Å². The van der Waals surface area contributed by atoms with Crippen molar-refractivity contribution in [1.29, 1.82) is 0 Å². The molecule has 0 bridgehead atoms. The van der Waals surface area contributed by atoms with Crippen LogP contribution in [0.1, 0.15) is 19.8 Å². The van der Waals surface area contributed by atoms with Crippen LogP contribution in [0.2, 0.25) is 0 Å². The fourth-order valence-corrected chi connectivity index (χ4v) is 2.01. The molecular weight excluding hydrogens is 258 g/mol. The number of benzene rings is 1. The average Bonchev–Trinajstić information content (AvgIpc) is 2.47. The maximum Gasteiger partial charge on any atom is 0.294 e. The molecule has 0 aliphatic rings. The molecule has 0 radical (unpaired) electrons. The maximum absolute atomic E-state index is 12.1. The van der Waals surface area contributed by atoms with Gasteiger partial charge in [0, 0.05) is 11.5 Å². The Balaban J connectivity index is 2.53. The van der Waals surface area contributed by atoms with E-state index in [4.69, 9.17) is 14.2 Å². The van der Waals surface area contributed by atoms with Crippen LogP contribution in [0.25, 0.3) is 10.9 Å². The number of rotatable bonds is 6. The van der Waals surface area contributed by atoms with Gasteiger partial charge in [0.2, 0.25) is 5.75 Å². The summed E-state index contributed by atoms with van der Waals surface area (Å²) in [5, 5.41) is 0.791. The number of aromatic nitrogens is 1. The Bertz CT molecular complexity index is 648. The molecule has 0 aliphatic heterocycles. The van der Waals surface area contributed by atoms with E-state index in [9.17, 15) is 4.79 Å². The quantitative estimate of drug-likeness (QED) is 0.825. The zero-order valence-corrected chi connectivity index (χ0v) is 12.0. The molecule has 0 unspecified atom stereocenters. The molecule has 2 rings (SSSR count). The molecule has 5 nitrogen and oxygen atoms in total. The standard InChI is InChI=1S/C15H19NO4/c1-4-5-8-20-14-13(19-3)11-7-6-10(18-2)9-12(11)16-15(14)17/h6-7,9H,4-5,8H2,1-3H3,(H,16,17). The summed E-state index contributed by atoms with van der Waals surface area (Å²) in [7, 11) is 3.11. The van der Waals surface area contributed by atoms with Gasteiger partial charge in [0.25, 0.3) is 5.56 Å². The minimum absolute atomic E-state index is 0.235. The van der Waals surface area contributed by atoms with Crippen LogP contribution in [0.3, 0.4) is 0 Å². The highest BCUT2D eigenvalue weighted by Gasteiger charge is 2.15. The molecule has 1 N–H and O–H groups in total. The van der Waals surface area contributed by atoms with Gasteiger partial charge in [-0.25, -0.2) is 0 Å². The van der Waals surface area contributed by atoms with E-state index in [-0.39, 0.29) is 11.3 Å². The van der Waals surface area contributed by atoms with Crippen LogP contribution in [-0.2, 0) is 0 Å². The summed E-state index contributed by atoms with van der Waals surface area (Å²) in [6, 6.07) is 5.42. The molecule has 108 valence electrons. The van der Waals surface area contributed by atoms with Gasteiger partial charge in [-0.15, -0.1) is 0 Å². The van der Waals surface area contributed by atoms with Crippen LogP contribution < -0.4 is 19.8 Å². The number of ether oxygens (including phenoxy) is 3. The fourth-order valence-electron chi connectivity index (χ4n) is 2.01. The summed E-state index contributed by atoms with van der Waals surface area (Å²) in [6.07, 6.45) is 1.90. The molecular formula is C15H19NO4. The van der Waals surface area contributed by atoms with Gasteiger partial charge >= 0.3 is 0 Å². The van der Waals surface area contributed by atoms with Gasteiger partial charge in [-0.05, 0) is 18.6 Å². The van der Waals surface area contributed by atoms with E-state index >= 15 is 0 Å². The number of aromatic amines is 1. The second-order valence-electron chi connectivity index (χ2n) is 4.43. The number of hydrogen-bond donors (Lipinski definition) is 1. The lowest BCUT2D eigenvalue weighted by atomic mass is 10.2. The highest BCUT2D eigenvalue weighted by Crippen LogP contribution is 2.32. The molecule has 1 heterocycles. The second-order valence-corrected chi connectivity index (χ2v) is 4.43. The molecule has 0 aliphatic carbocycles. The lowest BCUT2D eigenvalue weighted by molar-refractivity contribution is 0.286. The van der Waals surface area contributed by atoms with E-state index in [1.54, 1.807) is 13.2 Å². The molecule has 0 spiro atoms. The first kappa shape index (κ1) is 14.2. The smallest absolute Gasteiger partial charge is 0.294 e. The molecule has 0 fully saturated rings. The number of hydrogen-bond acceptors (Lipinski definition) is 4. The van der Waals surface area contributed by atoms with Gasteiger partial charge in [-0.1, -0.05) is 13.3 Å². The van der Waals surface area contributed by atoms with Gasteiger partial charge in [0.05, 0.1) is 26.3 Å². The number of pyridine rings is 1. The topological polar surface area (TPSA) is 60.6 Å². The Morgan fingerprint density at radius 3 is 2.60 bits per heavy atom. The number of H-pyrrole nitrogens is 1. The zero-order valence-electron chi connectivity index (χ0n) is 12.0. The number of unbranched alkanes of at least 4 members (excludes halogenated alkanes) is 1. The van der Waals surface area contributed by atoms with Gasteiger partial charge in [0.1, 0.15) is 5.75 Å². The molecule has 0 amide bonds. The normalized spacial score (nSPS) is 10.6. The highest BCUT2D eigenvalue weighted by atomic mass is 16.5. The summed E-state index contributed by atoms with van der Waals surface area (Å²) in [5.74, 6) is 1.37. The van der Waals surface area contributed by atoms with Gasteiger partial charge in [-0.2, -0.15) is 0 Å². The maximum atomic E-state index is 12.1. The van der Waals surface area contributed by atoms with Crippen LogP contribution in [0, 0.1) is 0 Å². The minimum atomic E-state index is -0.293. The average molecular weight is 277 g/mol. The number of nitrogens with one attached hydrogen (secondary N) is 1. The van der Waals surface area contributed by atoms with E-state index in [0.717, 1.165) is 18.2 Å². The number of methoxy groups -OCH3 is 2. The van der Waals surface area contributed by atoms with Crippen molar-refractivity contribution >= 4 is 10.9 Å². The Labute approximate surface area is 117 Å². The largest absolute Gasteiger partial charge is 0.497 e. The first-order valence-corrected chi connectivity index (χ1v) is 6.62. The van der Waals surface area contributed by atoms with Crippen molar-refractivity contribution in [2.75, 3.05) is 20.8 Å². The third kappa shape index (κ3) is 2.71. The van der Waals surface area contributed by atoms with Gasteiger partial charge in [0.15, 0.2) is 5.75 Å². The van der Waals surface area contributed by atoms with Crippen LogP contribution in [0.15, 0.2) is 23.0 Å². The van der Waals surface area contributed by atoms with Gasteiger partial charge < -0.3 is 19.2 Å². The monoisotopic (exact) mass is 277 g/mol. The second kappa shape index (κ2) is 6.32. The third-order valence-corrected chi connectivity index (χ3v) is 3.08. The molecule has 1 aromatic heterocycles. The Kier molecular flexibility index (Phi) is 4.50. The molecule has 0 saturated carbocycles. The van der Waals surface area contributed by atoms with Crippen LogP contribution in [0.4, 0.5) is 0 Å². The Morgan fingerprint density at radius 2 is 1.95 bits per heavy atom. The number of fused-ring (bicyclic) bond motifs is 1. The molecule has 5 heteroatoms. The van der Waals surface area contributed by atoms with E-state index in [0.29, 0.717) is 23.6 Å². The highest BCUT2D eigenvalue weighted by molar-refractivity contribution is 5.88. The van der Waals surface area contributed by atoms with Crippen LogP contribution in [0.5, 0.6) is 17.2 Å². The molecule has 2 aromatic rings. The van der Waals surface area contributed by atoms with E-state index in [1.807, 2.05) is 12.1 Å². The van der Waals surface area contributed by atoms with Gasteiger partial charge in [-0.3, -0.25) is 4.79 Å². The zero-order chi connectivity index (χ0) is 14.5. The molecule has 0 saturated heterocycles. The van der Waals surface area contributed by atoms with Crippen LogP contribution in [-0.4, -0.2) is 25.8 Å². The van der Waals surface area contributed by atoms with E-state index < -0.39 is 0 Å². The van der Waals surface area contributed by atoms with Crippen molar-refractivity contribution in [3.63, 3.8) is 0 Å². The molecule has 0 atom stereocenters. The van der Waals surface area contributed by atoms with E-state index in [2.05, 4.69) is 11.9 Å². The Hall–Kier alpha value is -2.17. The van der Waals surface area contributed by atoms with Crippen molar-refractivity contribution in [2.45, 2.75) is 19.8 Å². The first-order valence-electron chi connectivity index (χ1n) is 6.62. The lowest BCUT2D eigenvalue weighted by Gasteiger charge is -2.12. The van der Waals surface area contributed by atoms with E-state index in [1.165, 1.54) is 7.11 Å². The fraction of sp³-hybridized carbons (Fsp3) is 0.400. The predicted octanol–water partition coefficient (Wildman–Crippen LogP) is 2.72. The SMILES string of the molecule is CCCCOc1c(OC)c2ccc(OC)cc2[nH]c1=O. The summed E-state index contributed by atoms with van der Waals surface area (Å²) in [5.41, 5.74) is 0.368. The third-order valence-electron chi connectivity index (χ3n) is 3.08. The molecule has 20 heavy (non-hydrogen) atoms. The minimum Gasteiger partial charge on any atom is -0.497 e. The van der Waals surface area contributed by atoms with Crippen LogP contribution >= 0.6 is 0 Å². The lowest BCUT2D eigenvalue weighted by Crippen LogP contribution is -2.13. The molecule has 1 aromatic carbocycles.